The summed E-state index contributed by atoms with van der Waals surface area (Å²) in [5.74, 6) is 1.84. The van der Waals surface area contributed by atoms with Gasteiger partial charge >= 0.3 is 0 Å². The Morgan fingerprint density at radius 3 is 3.12 bits per heavy atom. The first kappa shape index (κ1) is 15.2. The molecule has 1 aliphatic carbocycles. The third kappa shape index (κ3) is 3.03. The first-order valence-corrected chi connectivity index (χ1v) is 8.78. The smallest absolute Gasteiger partial charge is 0.261 e. The van der Waals surface area contributed by atoms with E-state index in [0.717, 1.165) is 43.8 Å². The van der Waals surface area contributed by atoms with Crippen LogP contribution in [0.2, 0.25) is 0 Å². The van der Waals surface area contributed by atoms with Crippen LogP contribution in [0.1, 0.15) is 36.7 Å². The Labute approximate surface area is 142 Å². The fraction of sp³-hybridized carbons (Fsp3) is 0.474. The van der Waals surface area contributed by atoms with Crippen LogP contribution in [0.25, 0.3) is 0 Å². The molecular formula is C19H23N3O2. The van der Waals surface area contributed by atoms with Crippen LogP contribution < -0.4 is 10.1 Å². The second-order valence-corrected chi connectivity index (χ2v) is 6.78. The summed E-state index contributed by atoms with van der Waals surface area (Å²) in [5, 5.41) is 3.11. The van der Waals surface area contributed by atoms with Gasteiger partial charge in [0.05, 0.1) is 0 Å². The molecule has 0 bridgehead atoms. The minimum Gasteiger partial charge on any atom is -0.481 e. The van der Waals surface area contributed by atoms with Crippen molar-refractivity contribution in [2.45, 2.75) is 57.7 Å². The zero-order chi connectivity index (χ0) is 16.5. The van der Waals surface area contributed by atoms with E-state index in [4.69, 9.17) is 4.74 Å². The van der Waals surface area contributed by atoms with Crippen molar-refractivity contribution in [1.82, 2.24) is 14.9 Å². The predicted molar refractivity (Wildman–Crippen MR) is 91.0 cm³/mol. The molecule has 5 heteroatoms. The van der Waals surface area contributed by atoms with Gasteiger partial charge in [0.2, 0.25) is 0 Å². The van der Waals surface area contributed by atoms with Crippen molar-refractivity contribution in [2.24, 2.45) is 0 Å². The summed E-state index contributed by atoms with van der Waals surface area (Å²) >= 11 is 0. The molecule has 1 aromatic carbocycles. The summed E-state index contributed by atoms with van der Waals surface area (Å²) < 4.78 is 7.98. The molecule has 1 aliphatic heterocycles. The third-order valence-electron chi connectivity index (χ3n) is 5.03. The van der Waals surface area contributed by atoms with Gasteiger partial charge in [0.15, 0.2) is 6.10 Å². The van der Waals surface area contributed by atoms with E-state index in [1.807, 2.05) is 25.4 Å². The lowest BCUT2D eigenvalue weighted by Gasteiger charge is -2.26. The highest BCUT2D eigenvalue weighted by Gasteiger charge is 2.23. The van der Waals surface area contributed by atoms with Gasteiger partial charge in [-0.05, 0) is 55.9 Å². The molecule has 0 radical (unpaired) electrons. The van der Waals surface area contributed by atoms with Gasteiger partial charge in [0.1, 0.15) is 11.6 Å². The summed E-state index contributed by atoms with van der Waals surface area (Å²) in [6, 6.07) is 6.34. The zero-order valence-corrected chi connectivity index (χ0v) is 14.0. The summed E-state index contributed by atoms with van der Waals surface area (Å²) in [7, 11) is 0. The van der Waals surface area contributed by atoms with E-state index in [1.165, 1.54) is 17.5 Å². The number of hydrogen-bond acceptors (Lipinski definition) is 3. The molecule has 1 N–H and O–H groups in total. The number of carbonyl (C=O) groups is 1. The van der Waals surface area contributed by atoms with E-state index in [-0.39, 0.29) is 11.9 Å². The summed E-state index contributed by atoms with van der Waals surface area (Å²) in [4.78, 5) is 16.8. The van der Waals surface area contributed by atoms with Crippen LogP contribution in [-0.2, 0) is 30.6 Å². The topological polar surface area (TPSA) is 56.1 Å². The van der Waals surface area contributed by atoms with E-state index in [9.17, 15) is 4.79 Å². The lowest BCUT2D eigenvalue weighted by Crippen LogP contribution is -2.46. The van der Waals surface area contributed by atoms with Crippen LogP contribution >= 0.6 is 0 Å². The fourth-order valence-corrected chi connectivity index (χ4v) is 3.68. The normalized spacial score (nSPS) is 20.1. The predicted octanol–water partition coefficient (Wildman–Crippen LogP) is 2.27. The van der Waals surface area contributed by atoms with Crippen molar-refractivity contribution in [3.05, 3.63) is 47.5 Å². The van der Waals surface area contributed by atoms with Gasteiger partial charge in [-0.2, -0.15) is 0 Å². The number of ether oxygens (including phenoxy) is 1. The quantitative estimate of drug-likeness (QED) is 0.938. The van der Waals surface area contributed by atoms with Crippen molar-refractivity contribution in [3.63, 3.8) is 0 Å². The number of aromatic nitrogens is 2. The lowest BCUT2D eigenvalue weighted by molar-refractivity contribution is -0.128. The molecule has 0 spiro atoms. The Bertz CT molecular complexity index is 753. The molecule has 2 atom stereocenters. The molecule has 2 aromatic rings. The molecule has 5 nitrogen and oxygen atoms in total. The largest absolute Gasteiger partial charge is 0.481 e. The van der Waals surface area contributed by atoms with Crippen LogP contribution in [0.4, 0.5) is 0 Å². The standard InChI is InChI=1S/C19H23N3O2/c1-13(24-17-7-5-14-3-2-4-15(14)11-17)19(23)21-16-6-8-18-20-9-10-22(18)12-16/h5,7,9-11,13,16H,2-4,6,8,12H2,1H3,(H,21,23)/t13-,16+/m0/s1. The number of imidazole rings is 1. The first-order valence-electron chi connectivity index (χ1n) is 8.78. The van der Waals surface area contributed by atoms with Crippen molar-refractivity contribution in [2.75, 3.05) is 0 Å². The molecule has 0 saturated heterocycles. The number of nitrogens with one attached hydrogen (secondary N) is 1. The number of fused-ring (bicyclic) bond motifs is 2. The maximum atomic E-state index is 12.4. The van der Waals surface area contributed by atoms with Crippen LogP contribution in [0.3, 0.4) is 0 Å². The number of benzene rings is 1. The van der Waals surface area contributed by atoms with Crippen molar-refractivity contribution in [1.29, 1.82) is 0 Å². The average Bonchev–Trinajstić information content (AvgIpc) is 3.22. The maximum Gasteiger partial charge on any atom is 0.261 e. The maximum absolute atomic E-state index is 12.4. The molecule has 126 valence electrons. The minimum absolute atomic E-state index is 0.0518. The number of amides is 1. The first-order chi connectivity index (χ1) is 11.7. The Morgan fingerprint density at radius 2 is 2.21 bits per heavy atom. The fourth-order valence-electron chi connectivity index (χ4n) is 3.68. The Balaban J connectivity index is 1.35. The number of hydrogen-bond donors (Lipinski definition) is 1. The van der Waals surface area contributed by atoms with Crippen molar-refractivity contribution in [3.8, 4) is 5.75 Å². The SMILES string of the molecule is C[C@H](Oc1ccc2c(c1)CCC2)C(=O)N[C@@H]1CCc2nccn2C1. The molecule has 0 saturated carbocycles. The average molecular weight is 325 g/mol. The van der Waals surface area contributed by atoms with E-state index >= 15 is 0 Å². The van der Waals surface area contributed by atoms with E-state index in [1.54, 1.807) is 0 Å². The number of aryl methyl sites for hydroxylation is 3. The van der Waals surface area contributed by atoms with Crippen LogP contribution in [0.5, 0.6) is 5.75 Å². The van der Waals surface area contributed by atoms with Crippen molar-refractivity contribution < 1.29 is 9.53 Å². The highest BCUT2D eigenvalue weighted by Crippen LogP contribution is 2.26. The lowest BCUT2D eigenvalue weighted by atomic mass is 10.1. The molecule has 1 aromatic heterocycles. The van der Waals surface area contributed by atoms with E-state index in [2.05, 4.69) is 27.0 Å². The monoisotopic (exact) mass is 325 g/mol. The minimum atomic E-state index is -0.492. The summed E-state index contributed by atoms with van der Waals surface area (Å²) in [5.41, 5.74) is 2.78. The molecule has 0 fully saturated rings. The zero-order valence-electron chi connectivity index (χ0n) is 14.0. The van der Waals surface area contributed by atoms with E-state index < -0.39 is 6.10 Å². The summed E-state index contributed by atoms with van der Waals surface area (Å²) in [6.45, 7) is 2.60. The van der Waals surface area contributed by atoms with Crippen molar-refractivity contribution >= 4 is 5.91 Å². The number of nitrogens with zero attached hydrogens (tertiary/aromatic N) is 2. The Kier molecular flexibility index (Phi) is 4.00. The summed E-state index contributed by atoms with van der Waals surface area (Å²) in [6.07, 6.45) is 8.61. The highest BCUT2D eigenvalue weighted by atomic mass is 16.5. The van der Waals surface area contributed by atoms with Gasteiger partial charge in [-0.15, -0.1) is 0 Å². The molecular weight excluding hydrogens is 302 g/mol. The van der Waals surface area contributed by atoms with Gasteiger partial charge in [-0.25, -0.2) is 4.98 Å². The van der Waals surface area contributed by atoms with Gasteiger partial charge in [-0.3, -0.25) is 4.79 Å². The molecule has 4 rings (SSSR count). The highest BCUT2D eigenvalue weighted by molar-refractivity contribution is 5.81. The van der Waals surface area contributed by atoms with E-state index in [0.29, 0.717) is 0 Å². The number of carbonyl (C=O) groups excluding carboxylic acids is 1. The second-order valence-electron chi connectivity index (χ2n) is 6.78. The second kappa shape index (κ2) is 6.30. The molecule has 1 amide bonds. The molecule has 24 heavy (non-hydrogen) atoms. The molecule has 2 heterocycles. The van der Waals surface area contributed by atoms with Crippen LogP contribution in [-0.4, -0.2) is 27.6 Å². The van der Waals surface area contributed by atoms with Gasteiger partial charge < -0.3 is 14.6 Å². The Hall–Kier alpha value is -2.30. The third-order valence-corrected chi connectivity index (χ3v) is 5.03. The van der Waals surface area contributed by atoms with Crippen LogP contribution in [0.15, 0.2) is 30.6 Å². The van der Waals surface area contributed by atoms with Gasteiger partial charge in [0.25, 0.3) is 5.91 Å². The Morgan fingerprint density at radius 1 is 1.33 bits per heavy atom. The van der Waals surface area contributed by atoms with Crippen LogP contribution in [0, 0.1) is 0 Å². The van der Waals surface area contributed by atoms with Gasteiger partial charge in [-0.1, -0.05) is 6.07 Å². The molecule has 0 unspecified atom stereocenters. The van der Waals surface area contributed by atoms with Gasteiger partial charge in [0, 0.05) is 31.4 Å². The number of rotatable bonds is 4. The molecule has 2 aliphatic rings.